The van der Waals surface area contributed by atoms with E-state index in [1.165, 1.54) is 11.4 Å². The maximum Gasteiger partial charge on any atom is 0.263 e. The fourth-order valence-corrected chi connectivity index (χ4v) is 3.22. The Kier molecular flexibility index (Phi) is 3.76. The number of hydrogen-bond acceptors (Lipinski definition) is 5. The highest BCUT2D eigenvalue weighted by molar-refractivity contribution is 5.71. The average molecular weight is 323 g/mol. The lowest BCUT2D eigenvalue weighted by Gasteiger charge is -2.25. The third kappa shape index (κ3) is 2.66. The first kappa shape index (κ1) is 14.9. The van der Waals surface area contributed by atoms with Crippen LogP contribution in [0.3, 0.4) is 0 Å². The van der Waals surface area contributed by atoms with E-state index in [1.807, 2.05) is 19.1 Å². The van der Waals surface area contributed by atoms with Crippen molar-refractivity contribution in [1.29, 1.82) is 0 Å². The number of hydrogen-bond donors (Lipinski definition) is 0. The summed E-state index contributed by atoms with van der Waals surface area (Å²) in [6.07, 6.45) is 2.75. The summed E-state index contributed by atoms with van der Waals surface area (Å²) in [4.78, 5) is 9.36. The molecule has 0 saturated heterocycles. The van der Waals surface area contributed by atoms with Crippen molar-refractivity contribution in [2.45, 2.75) is 19.9 Å². The highest BCUT2D eigenvalue weighted by atomic mass is 16.4. The second kappa shape index (κ2) is 6.07. The van der Waals surface area contributed by atoms with Crippen LogP contribution in [0.1, 0.15) is 17.9 Å². The molecular weight excluding hydrogens is 302 g/mol. The van der Waals surface area contributed by atoms with Gasteiger partial charge in [0.15, 0.2) is 5.76 Å². The number of para-hydroxylation sites is 2. The van der Waals surface area contributed by atoms with E-state index >= 15 is 0 Å². The van der Waals surface area contributed by atoms with Crippen molar-refractivity contribution >= 4 is 11.4 Å². The lowest BCUT2D eigenvalue weighted by Crippen LogP contribution is -2.23. The Morgan fingerprint density at radius 3 is 2.71 bits per heavy atom. The van der Waals surface area contributed by atoms with Gasteiger partial charge in [-0.3, -0.25) is 0 Å². The molecule has 3 aromatic rings. The minimum absolute atomic E-state index is 0.549. The van der Waals surface area contributed by atoms with Gasteiger partial charge in [-0.15, -0.1) is 0 Å². The molecule has 0 saturated carbocycles. The van der Waals surface area contributed by atoms with Gasteiger partial charge in [-0.05, 0) is 37.6 Å². The van der Waals surface area contributed by atoms with E-state index in [4.69, 9.17) is 8.83 Å². The number of aromatic nitrogens is 1. The maximum atomic E-state index is 5.80. The highest BCUT2D eigenvalue weighted by Crippen LogP contribution is 2.33. The zero-order chi connectivity index (χ0) is 16.5. The molecule has 0 spiro atoms. The quantitative estimate of drug-likeness (QED) is 0.726. The van der Waals surface area contributed by atoms with Crippen molar-refractivity contribution in [3.63, 3.8) is 0 Å². The van der Waals surface area contributed by atoms with E-state index in [2.05, 4.69) is 46.1 Å². The molecule has 124 valence electrons. The number of nitrogens with zero attached hydrogens (tertiary/aromatic N) is 3. The van der Waals surface area contributed by atoms with E-state index in [-0.39, 0.29) is 0 Å². The molecule has 1 aromatic carbocycles. The number of rotatable bonds is 3. The van der Waals surface area contributed by atoms with Crippen LogP contribution in [0.25, 0.3) is 11.7 Å². The molecule has 2 aromatic heterocycles. The fraction of sp³-hybridized carbons (Fsp3) is 0.316. The summed E-state index contributed by atoms with van der Waals surface area (Å²) in [5, 5.41) is 0. The summed E-state index contributed by atoms with van der Waals surface area (Å²) in [6.45, 7) is 4.76. The Morgan fingerprint density at radius 1 is 1.08 bits per heavy atom. The standard InChI is InChI=1S/C19H21N3O2/c1-14-15(20-19(24-14)18-9-5-12-23-18)13-22-11-6-10-21(2)16-7-3-4-8-17(16)22/h3-5,7-9,12H,6,10-11,13H2,1-2H3. The second-order valence-corrected chi connectivity index (χ2v) is 6.18. The van der Waals surface area contributed by atoms with Crippen molar-refractivity contribution in [2.75, 3.05) is 29.9 Å². The van der Waals surface area contributed by atoms with Crippen molar-refractivity contribution in [3.05, 3.63) is 54.1 Å². The van der Waals surface area contributed by atoms with Crippen LogP contribution in [0.4, 0.5) is 11.4 Å². The number of anilines is 2. The van der Waals surface area contributed by atoms with Crippen LogP contribution < -0.4 is 9.80 Å². The Bertz CT molecular complexity index is 823. The van der Waals surface area contributed by atoms with Crippen LogP contribution in [0.15, 0.2) is 51.5 Å². The first-order valence-corrected chi connectivity index (χ1v) is 8.27. The van der Waals surface area contributed by atoms with Gasteiger partial charge in [-0.1, -0.05) is 12.1 Å². The molecule has 5 nitrogen and oxygen atoms in total. The lowest BCUT2D eigenvalue weighted by atomic mass is 10.2. The van der Waals surface area contributed by atoms with Crippen LogP contribution >= 0.6 is 0 Å². The third-order valence-corrected chi connectivity index (χ3v) is 4.52. The van der Waals surface area contributed by atoms with Gasteiger partial charge in [0.2, 0.25) is 0 Å². The molecule has 0 unspecified atom stereocenters. The zero-order valence-electron chi connectivity index (χ0n) is 14.0. The van der Waals surface area contributed by atoms with Crippen molar-refractivity contribution in [1.82, 2.24) is 4.98 Å². The molecule has 0 N–H and O–H groups in total. The van der Waals surface area contributed by atoms with E-state index in [0.717, 1.165) is 37.5 Å². The Labute approximate surface area is 141 Å². The molecule has 24 heavy (non-hydrogen) atoms. The van der Waals surface area contributed by atoms with E-state index in [0.29, 0.717) is 11.7 Å². The minimum Gasteiger partial charge on any atom is -0.459 e. The zero-order valence-corrected chi connectivity index (χ0v) is 14.0. The summed E-state index contributed by atoms with van der Waals surface area (Å²) in [5.74, 6) is 2.06. The van der Waals surface area contributed by atoms with Gasteiger partial charge in [0.1, 0.15) is 11.5 Å². The largest absolute Gasteiger partial charge is 0.459 e. The van der Waals surface area contributed by atoms with Gasteiger partial charge >= 0.3 is 0 Å². The highest BCUT2D eigenvalue weighted by Gasteiger charge is 2.21. The molecule has 1 aliphatic heterocycles. The summed E-state index contributed by atoms with van der Waals surface area (Å²) in [7, 11) is 2.15. The van der Waals surface area contributed by atoms with Gasteiger partial charge in [0, 0.05) is 20.1 Å². The monoisotopic (exact) mass is 323 g/mol. The van der Waals surface area contributed by atoms with Gasteiger partial charge < -0.3 is 18.6 Å². The van der Waals surface area contributed by atoms with Crippen LogP contribution in [0.5, 0.6) is 0 Å². The minimum atomic E-state index is 0.549. The summed E-state index contributed by atoms with van der Waals surface area (Å²) in [5.41, 5.74) is 3.47. The first-order valence-electron chi connectivity index (χ1n) is 8.27. The van der Waals surface area contributed by atoms with Gasteiger partial charge in [-0.25, -0.2) is 4.98 Å². The molecule has 5 heteroatoms. The van der Waals surface area contributed by atoms with E-state index < -0.39 is 0 Å². The Morgan fingerprint density at radius 2 is 1.92 bits per heavy atom. The van der Waals surface area contributed by atoms with Gasteiger partial charge in [0.05, 0.1) is 24.2 Å². The Hall–Kier alpha value is -2.69. The number of furan rings is 1. The predicted molar refractivity (Wildman–Crippen MR) is 94.3 cm³/mol. The summed E-state index contributed by atoms with van der Waals surface area (Å²) < 4.78 is 11.2. The molecule has 0 fully saturated rings. The molecule has 4 rings (SSSR count). The van der Waals surface area contributed by atoms with Gasteiger partial charge in [0.25, 0.3) is 5.89 Å². The molecule has 0 amide bonds. The number of oxazole rings is 1. The number of benzene rings is 1. The SMILES string of the molecule is Cc1oc(-c2ccco2)nc1CN1CCCN(C)c2ccccc21. The number of fused-ring (bicyclic) bond motifs is 1. The Balaban J connectivity index is 1.65. The smallest absolute Gasteiger partial charge is 0.263 e. The van der Waals surface area contributed by atoms with Crippen LogP contribution in [-0.4, -0.2) is 25.1 Å². The van der Waals surface area contributed by atoms with Crippen LogP contribution in [0.2, 0.25) is 0 Å². The predicted octanol–water partition coefficient (Wildman–Crippen LogP) is 4.09. The van der Waals surface area contributed by atoms with Gasteiger partial charge in [-0.2, -0.15) is 0 Å². The van der Waals surface area contributed by atoms with E-state index in [1.54, 1.807) is 6.26 Å². The molecule has 0 radical (unpaired) electrons. The molecule has 0 bridgehead atoms. The van der Waals surface area contributed by atoms with E-state index in [9.17, 15) is 0 Å². The molecular formula is C19H21N3O2. The second-order valence-electron chi connectivity index (χ2n) is 6.18. The first-order chi connectivity index (χ1) is 11.7. The topological polar surface area (TPSA) is 45.7 Å². The van der Waals surface area contributed by atoms with Crippen molar-refractivity contribution < 1.29 is 8.83 Å². The third-order valence-electron chi connectivity index (χ3n) is 4.52. The molecule has 3 heterocycles. The normalized spacial score (nSPS) is 14.6. The van der Waals surface area contributed by atoms with Crippen molar-refractivity contribution in [2.24, 2.45) is 0 Å². The maximum absolute atomic E-state index is 5.80. The molecule has 0 aliphatic carbocycles. The average Bonchev–Trinajstić information content (AvgIpc) is 3.20. The summed E-state index contributed by atoms with van der Waals surface area (Å²) >= 11 is 0. The summed E-state index contributed by atoms with van der Waals surface area (Å²) in [6, 6.07) is 12.3. The number of aryl methyl sites for hydroxylation is 1. The lowest BCUT2D eigenvalue weighted by molar-refractivity contribution is 0.499. The van der Waals surface area contributed by atoms with Crippen LogP contribution in [-0.2, 0) is 6.54 Å². The van der Waals surface area contributed by atoms with Crippen molar-refractivity contribution in [3.8, 4) is 11.7 Å². The molecule has 0 atom stereocenters. The molecule has 1 aliphatic rings. The fourth-order valence-electron chi connectivity index (χ4n) is 3.22. The van der Waals surface area contributed by atoms with Crippen LogP contribution in [0, 0.1) is 6.92 Å².